The van der Waals surface area contributed by atoms with Gasteiger partial charge in [-0.2, -0.15) is 0 Å². The molecule has 0 bridgehead atoms. The minimum Gasteiger partial charge on any atom is -0.353 e. The van der Waals surface area contributed by atoms with Crippen molar-refractivity contribution < 1.29 is 14.3 Å². The highest BCUT2D eigenvalue weighted by Crippen LogP contribution is 2.37. The molecule has 22 heavy (non-hydrogen) atoms. The van der Waals surface area contributed by atoms with Gasteiger partial charge in [-0.15, -0.1) is 0 Å². The summed E-state index contributed by atoms with van der Waals surface area (Å²) < 4.78 is 13.9. The first-order chi connectivity index (χ1) is 10.8. The van der Waals surface area contributed by atoms with E-state index in [0.29, 0.717) is 19.7 Å². The van der Waals surface area contributed by atoms with Crippen LogP contribution in [0.5, 0.6) is 0 Å². The zero-order chi connectivity index (χ0) is 15.3. The first kappa shape index (κ1) is 15.4. The van der Waals surface area contributed by atoms with Crippen molar-refractivity contribution in [2.24, 2.45) is 0 Å². The van der Waals surface area contributed by atoms with Gasteiger partial charge in [-0.3, -0.25) is 0 Å². The lowest BCUT2D eigenvalue weighted by Crippen LogP contribution is -2.42. The van der Waals surface area contributed by atoms with Gasteiger partial charge in [0.2, 0.25) is 0 Å². The topological polar surface area (TPSA) is 64.5 Å². The second-order valence-electron chi connectivity index (χ2n) is 6.08. The number of nitrogens with one attached hydrogen (secondary N) is 2. The third kappa shape index (κ3) is 4.01. The van der Waals surface area contributed by atoms with Gasteiger partial charge in [0.05, 0.1) is 6.61 Å². The van der Waals surface area contributed by atoms with Gasteiger partial charge in [0, 0.05) is 44.9 Å². The van der Waals surface area contributed by atoms with E-state index in [0.717, 1.165) is 19.4 Å². The average Bonchev–Trinajstić information content (AvgIpc) is 3.17. The molecule has 1 spiro atoms. The Bertz CT molecular complexity index is 469. The molecule has 2 N–H and O–H groups in total. The largest absolute Gasteiger partial charge is 0.353 e. The van der Waals surface area contributed by atoms with Gasteiger partial charge < -0.3 is 24.7 Å². The standard InChI is InChI=1S/C16H25N3O3/c20-15(17-8-11-19-9-4-5-10-19)18-12-14-13-21-16(22-14)6-2-1-3-7-16/h4-5,9-10,14H,1-3,6-8,11-13H2,(H2,17,18,20). The molecule has 3 rings (SSSR count). The Balaban J connectivity index is 1.31. The van der Waals surface area contributed by atoms with E-state index in [1.54, 1.807) is 0 Å². The number of carbonyl (C=O) groups is 1. The lowest BCUT2D eigenvalue weighted by atomic mass is 9.94. The van der Waals surface area contributed by atoms with Crippen molar-refractivity contribution in [2.45, 2.75) is 50.5 Å². The second-order valence-corrected chi connectivity index (χ2v) is 6.08. The Morgan fingerprint density at radius 3 is 2.73 bits per heavy atom. The van der Waals surface area contributed by atoms with Crippen LogP contribution in [0.1, 0.15) is 32.1 Å². The number of nitrogens with zero attached hydrogens (tertiary/aromatic N) is 1. The van der Waals surface area contributed by atoms with E-state index >= 15 is 0 Å². The fourth-order valence-corrected chi connectivity index (χ4v) is 3.16. The summed E-state index contributed by atoms with van der Waals surface area (Å²) in [7, 11) is 0. The number of urea groups is 1. The first-order valence-electron chi connectivity index (χ1n) is 8.20. The lowest BCUT2D eigenvalue weighted by molar-refractivity contribution is -0.186. The third-order valence-corrected chi connectivity index (χ3v) is 4.34. The van der Waals surface area contributed by atoms with Gasteiger partial charge in [-0.1, -0.05) is 6.42 Å². The van der Waals surface area contributed by atoms with Crippen LogP contribution >= 0.6 is 0 Å². The van der Waals surface area contributed by atoms with Gasteiger partial charge >= 0.3 is 6.03 Å². The predicted octanol–water partition coefficient (Wildman–Crippen LogP) is 1.86. The van der Waals surface area contributed by atoms with Gasteiger partial charge in [0.15, 0.2) is 5.79 Å². The number of aromatic nitrogens is 1. The smallest absolute Gasteiger partial charge is 0.314 e. The Labute approximate surface area is 131 Å². The molecule has 6 nitrogen and oxygen atoms in total. The third-order valence-electron chi connectivity index (χ3n) is 4.34. The zero-order valence-electron chi connectivity index (χ0n) is 12.9. The molecule has 2 amide bonds. The fourth-order valence-electron chi connectivity index (χ4n) is 3.16. The van der Waals surface area contributed by atoms with Crippen molar-refractivity contribution in [2.75, 3.05) is 19.7 Å². The van der Waals surface area contributed by atoms with Gasteiger partial charge in [0.25, 0.3) is 0 Å². The van der Waals surface area contributed by atoms with Crippen LogP contribution in [0.15, 0.2) is 24.5 Å². The maximum atomic E-state index is 11.8. The summed E-state index contributed by atoms with van der Waals surface area (Å²) in [5, 5.41) is 5.71. The van der Waals surface area contributed by atoms with E-state index in [1.165, 1.54) is 19.3 Å². The quantitative estimate of drug-likeness (QED) is 0.873. The molecule has 1 aromatic heterocycles. The van der Waals surface area contributed by atoms with Crippen LogP contribution in [0.4, 0.5) is 4.79 Å². The van der Waals surface area contributed by atoms with Crippen molar-refractivity contribution in [3.05, 3.63) is 24.5 Å². The molecule has 6 heteroatoms. The van der Waals surface area contributed by atoms with Crippen molar-refractivity contribution in [3.63, 3.8) is 0 Å². The van der Waals surface area contributed by atoms with Crippen LogP contribution in [-0.4, -0.2) is 42.2 Å². The van der Waals surface area contributed by atoms with E-state index in [-0.39, 0.29) is 17.9 Å². The summed E-state index contributed by atoms with van der Waals surface area (Å²) in [6, 6.07) is 3.79. The van der Waals surface area contributed by atoms with E-state index in [2.05, 4.69) is 10.6 Å². The maximum Gasteiger partial charge on any atom is 0.314 e. The number of hydrogen-bond donors (Lipinski definition) is 2. The molecular formula is C16H25N3O3. The number of hydrogen-bond acceptors (Lipinski definition) is 3. The van der Waals surface area contributed by atoms with Crippen LogP contribution in [0.2, 0.25) is 0 Å². The van der Waals surface area contributed by atoms with E-state index in [1.807, 2.05) is 29.1 Å². The monoisotopic (exact) mass is 307 g/mol. The Hall–Kier alpha value is -1.53. The van der Waals surface area contributed by atoms with Crippen molar-refractivity contribution in [1.82, 2.24) is 15.2 Å². The minimum atomic E-state index is -0.366. The van der Waals surface area contributed by atoms with Crippen molar-refractivity contribution in [3.8, 4) is 0 Å². The van der Waals surface area contributed by atoms with Crippen LogP contribution in [0.25, 0.3) is 0 Å². The van der Waals surface area contributed by atoms with Crippen molar-refractivity contribution >= 4 is 6.03 Å². The summed E-state index contributed by atoms with van der Waals surface area (Å²) >= 11 is 0. The molecule has 1 saturated heterocycles. The zero-order valence-corrected chi connectivity index (χ0v) is 12.9. The average molecular weight is 307 g/mol. The summed E-state index contributed by atoms with van der Waals surface area (Å²) in [6.45, 7) is 2.44. The van der Waals surface area contributed by atoms with Crippen LogP contribution < -0.4 is 10.6 Å². The number of rotatable bonds is 5. The minimum absolute atomic E-state index is 0.0340. The Morgan fingerprint density at radius 2 is 1.95 bits per heavy atom. The van der Waals surface area contributed by atoms with Gasteiger partial charge in [-0.05, 0) is 25.0 Å². The molecule has 0 radical (unpaired) electrons. The van der Waals surface area contributed by atoms with Crippen molar-refractivity contribution in [1.29, 1.82) is 0 Å². The SMILES string of the molecule is O=C(NCCn1cccc1)NCC1COC2(CCCCC2)O1. The predicted molar refractivity (Wildman–Crippen MR) is 82.5 cm³/mol. The summed E-state index contributed by atoms with van der Waals surface area (Å²) in [5.74, 6) is -0.366. The van der Waals surface area contributed by atoms with Crippen LogP contribution in [0, 0.1) is 0 Å². The molecule has 1 aliphatic heterocycles. The second kappa shape index (κ2) is 7.15. The van der Waals surface area contributed by atoms with E-state index in [9.17, 15) is 4.79 Å². The Morgan fingerprint density at radius 1 is 1.18 bits per heavy atom. The maximum absolute atomic E-state index is 11.8. The van der Waals surface area contributed by atoms with E-state index < -0.39 is 0 Å². The molecule has 122 valence electrons. The van der Waals surface area contributed by atoms with Gasteiger partial charge in [-0.25, -0.2) is 4.79 Å². The van der Waals surface area contributed by atoms with Crippen LogP contribution in [-0.2, 0) is 16.0 Å². The molecular weight excluding hydrogens is 282 g/mol. The molecule has 1 unspecified atom stereocenters. The fraction of sp³-hybridized carbons (Fsp3) is 0.688. The molecule has 0 aromatic carbocycles. The summed E-state index contributed by atoms with van der Waals surface area (Å²) in [4.78, 5) is 11.8. The number of carbonyl (C=O) groups excluding carboxylic acids is 1. The van der Waals surface area contributed by atoms with E-state index in [4.69, 9.17) is 9.47 Å². The normalized spacial score (nSPS) is 23.5. The Kier molecular flexibility index (Phi) is 5.00. The first-order valence-corrected chi connectivity index (χ1v) is 8.20. The molecule has 2 fully saturated rings. The summed E-state index contributed by atoms with van der Waals surface area (Å²) in [6.07, 6.45) is 9.48. The highest BCUT2D eigenvalue weighted by Gasteiger charge is 2.42. The number of amides is 2. The summed E-state index contributed by atoms with van der Waals surface area (Å²) in [5.41, 5.74) is 0. The molecule has 1 saturated carbocycles. The number of ether oxygens (including phenoxy) is 2. The lowest BCUT2D eigenvalue weighted by Gasteiger charge is -2.31. The molecule has 1 atom stereocenters. The molecule has 1 aromatic rings. The highest BCUT2D eigenvalue weighted by atomic mass is 16.7. The molecule has 2 aliphatic rings. The van der Waals surface area contributed by atoms with Gasteiger partial charge in [0.1, 0.15) is 6.10 Å². The molecule has 1 aliphatic carbocycles. The molecule has 2 heterocycles. The highest BCUT2D eigenvalue weighted by molar-refractivity contribution is 5.73. The van der Waals surface area contributed by atoms with Crippen LogP contribution in [0.3, 0.4) is 0 Å².